The van der Waals surface area contributed by atoms with Crippen LogP contribution < -0.4 is 10.6 Å². The summed E-state index contributed by atoms with van der Waals surface area (Å²) in [7, 11) is 1.68. The van der Waals surface area contributed by atoms with Crippen LogP contribution >= 0.6 is 24.0 Å². The number of carbonyl (C=O) groups is 1. The summed E-state index contributed by atoms with van der Waals surface area (Å²) >= 11 is 0. The molecule has 0 heterocycles. The van der Waals surface area contributed by atoms with E-state index in [0.717, 1.165) is 5.56 Å². The van der Waals surface area contributed by atoms with Gasteiger partial charge in [0, 0.05) is 26.6 Å². The molecule has 23 heavy (non-hydrogen) atoms. The average molecular weight is 437 g/mol. The van der Waals surface area contributed by atoms with E-state index in [0.29, 0.717) is 44.1 Å². The van der Waals surface area contributed by atoms with E-state index in [-0.39, 0.29) is 35.8 Å². The van der Waals surface area contributed by atoms with Crippen LogP contribution in [0, 0.1) is 12.7 Å². The number of carbonyl (C=O) groups excluding carboxylic acids is 1. The molecule has 0 spiro atoms. The number of halogens is 2. The van der Waals surface area contributed by atoms with Crippen molar-refractivity contribution in [1.29, 1.82) is 0 Å². The van der Waals surface area contributed by atoms with Gasteiger partial charge in [-0.1, -0.05) is 12.1 Å². The minimum absolute atomic E-state index is 0. The quantitative estimate of drug-likeness (QED) is 0.227. The zero-order chi connectivity index (χ0) is 16.4. The molecule has 0 aliphatic rings. The molecule has 0 saturated heterocycles. The second kappa shape index (κ2) is 12.1. The van der Waals surface area contributed by atoms with Crippen LogP contribution in [-0.4, -0.2) is 32.1 Å². The van der Waals surface area contributed by atoms with Gasteiger partial charge >= 0.3 is 5.97 Å². The summed E-state index contributed by atoms with van der Waals surface area (Å²) in [4.78, 5) is 15.3. The van der Waals surface area contributed by atoms with Crippen molar-refractivity contribution in [2.75, 3.05) is 20.2 Å². The van der Waals surface area contributed by atoms with Crippen molar-refractivity contribution in [2.24, 2.45) is 4.99 Å². The Morgan fingerprint density at radius 3 is 2.70 bits per heavy atom. The predicted octanol–water partition coefficient (Wildman–Crippen LogP) is 2.76. The molecule has 130 valence electrons. The number of nitrogens with zero attached hydrogens (tertiary/aromatic N) is 1. The van der Waals surface area contributed by atoms with Crippen LogP contribution in [0.1, 0.15) is 30.9 Å². The van der Waals surface area contributed by atoms with Gasteiger partial charge < -0.3 is 15.4 Å². The van der Waals surface area contributed by atoms with Gasteiger partial charge in [-0.2, -0.15) is 0 Å². The third kappa shape index (κ3) is 8.73. The number of aryl methyl sites for hydroxylation is 1. The molecule has 0 atom stereocenters. The van der Waals surface area contributed by atoms with Crippen LogP contribution in [0.4, 0.5) is 4.39 Å². The van der Waals surface area contributed by atoms with Gasteiger partial charge in [0.25, 0.3) is 0 Å². The van der Waals surface area contributed by atoms with Gasteiger partial charge in [0.15, 0.2) is 5.96 Å². The summed E-state index contributed by atoms with van der Waals surface area (Å²) < 4.78 is 18.1. The summed E-state index contributed by atoms with van der Waals surface area (Å²) in [5.41, 5.74) is 1.60. The number of hydrogen-bond acceptors (Lipinski definition) is 3. The van der Waals surface area contributed by atoms with E-state index >= 15 is 0 Å². The first-order valence-electron chi connectivity index (χ1n) is 7.42. The van der Waals surface area contributed by atoms with Gasteiger partial charge in [-0.25, -0.2) is 4.39 Å². The molecule has 7 heteroatoms. The van der Waals surface area contributed by atoms with E-state index in [9.17, 15) is 9.18 Å². The number of esters is 1. The highest BCUT2D eigenvalue weighted by atomic mass is 127. The molecule has 5 nitrogen and oxygen atoms in total. The average Bonchev–Trinajstić information content (AvgIpc) is 2.50. The van der Waals surface area contributed by atoms with Crippen LogP contribution in [0.2, 0.25) is 0 Å². The number of nitrogens with one attached hydrogen (secondary N) is 2. The molecule has 0 amide bonds. The summed E-state index contributed by atoms with van der Waals surface area (Å²) in [6.45, 7) is 5.12. The molecule has 1 aromatic rings. The molecule has 0 radical (unpaired) electrons. The summed E-state index contributed by atoms with van der Waals surface area (Å²) in [6.07, 6.45) is 1.06. The van der Waals surface area contributed by atoms with Crippen LogP contribution in [0.5, 0.6) is 0 Å². The molecule has 0 unspecified atom stereocenters. The Morgan fingerprint density at radius 2 is 2.09 bits per heavy atom. The molecule has 2 N–H and O–H groups in total. The highest BCUT2D eigenvalue weighted by Gasteiger charge is 2.03. The number of benzene rings is 1. The highest BCUT2D eigenvalue weighted by Crippen LogP contribution is 2.08. The first-order valence-corrected chi connectivity index (χ1v) is 7.42. The maximum Gasteiger partial charge on any atom is 0.305 e. The molecule has 0 aliphatic carbocycles. The molecule has 0 saturated carbocycles. The van der Waals surface area contributed by atoms with Crippen molar-refractivity contribution in [2.45, 2.75) is 33.2 Å². The lowest BCUT2D eigenvalue weighted by Gasteiger charge is -2.12. The van der Waals surface area contributed by atoms with Gasteiger partial charge in [-0.15, -0.1) is 24.0 Å². The number of rotatable bonds is 7. The Balaban J connectivity index is 0.00000484. The van der Waals surface area contributed by atoms with Crippen molar-refractivity contribution in [3.63, 3.8) is 0 Å². The zero-order valence-electron chi connectivity index (χ0n) is 13.8. The molecule has 0 aromatic heterocycles. The molecular formula is C16H25FIN3O2. The fourth-order valence-corrected chi connectivity index (χ4v) is 1.90. The van der Waals surface area contributed by atoms with Crippen molar-refractivity contribution < 1.29 is 13.9 Å². The highest BCUT2D eigenvalue weighted by molar-refractivity contribution is 14.0. The second-order valence-corrected chi connectivity index (χ2v) is 4.84. The number of hydrogen-bond donors (Lipinski definition) is 2. The van der Waals surface area contributed by atoms with Crippen molar-refractivity contribution >= 4 is 35.9 Å². The Morgan fingerprint density at radius 1 is 1.35 bits per heavy atom. The van der Waals surface area contributed by atoms with E-state index in [4.69, 9.17) is 4.74 Å². The zero-order valence-corrected chi connectivity index (χ0v) is 16.1. The van der Waals surface area contributed by atoms with Gasteiger partial charge in [-0.05, 0) is 37.5 Å². The van der Waals surface area contributed by atoms with Gasteiger partial charge in [-0.3, -0.25) is 9.79 Å². The Kier molecular flexibility index (Phi) is 11.4. The van der Waals surface area contributed by atoms with Crippen LogP contribution in [-0.2, 0) is 16.1 Å². The van der Waals surface area contributed by atoms with Crippen molar-refractivity contribution in [1.82, 2.24) is 10.6 Å². The Hall–Kier alpha value is -1.38. The van der Waals surface area contributed by atoms with Gasteiger partial charge in [0.1, 0.15) is 5.82 Å². The normalized spacial score (nSPS) is 10.7. The SMILES string of the molecule is CCOC(=O)CCCNC(=NC)NCc1ccc(F)c(C)c1.I. The van der Waals surface area contributed by atoms with Gasteiger partial charge in [0.2, 0.25) is 0 Å². The fraction of sp³-hybridized carbons (Fsp3) is 0.500. The molecule has 0 bridgehead atoms. The van der Waals surface area contributed by atoms with Crippen molar-refractivity contribution in [3.05, 3.63) is 35.1 Å². The van der Waals surface area contributed by atoms with E-state index in [2.05, 4.69) is 15.6 Å². The van der Waals surface area contributed by atoms with E-state index < -0.39 is 0 Å². The Bertz CT molecular complexity index is 524. The fourth-order valence-electron chi connectivity index (χ4n) is 1.90. The lowest BCUT2D eigenvalue weighted by atomic mass is 10.1. The van der Waals surface area contributed by atoms with Crippen LogP contribution in [0.15, 0.2) is 23.2 Å². The van der Waals surface area contributed by atoms with Crippen molar-refractivity contribution in [3.8, 4) is 0 Å². The van der Waals surface area contributed by atoms with Crippen LogP contribution in [0.3, 0.4) is 0 Å². The first kappa shape index (κ1) is 21.6. The monoisotopic (exact) mass is 437 g/mol. The maximum absolute atomic E-state index is 13.2. The third-order valence-electron chi connectivity index (χ3n) is 3.06. The largest absolute Gasteiger partial charge is 0.466 e. The van der Waals surface area contributed by atoms with Gasteiger partial charge in [0.05, 0.1) is 6.61 Å². The lowest BCUT2D eigenvalue weighted by Crippen LogP contribution is -2.37. The van der Waals surface area contributed by atoms with Crippen LogP contribution in [0.25, 0.3) is 0 Å². The predicted molar refractivity (Wildman–Crippen MR) is 101 cm³/mol. The third-order valence-corrected chi connectivity index (χ3v) is 3.06. The minimum Gasteiger partial charge on any atom is -0.466 e. The molecule has 0 fully saturated rings. The first-order chi connectivity index (χ1) is 10.6. The second-order valence-electron chi connectivity index (χ2n) is 4.84. The summed E-state index contributed by atoms with van der Waals surface area (Å²) in [5, 5.41) is 6.27. The summed E-state index contributed by atoms with van der Waals surface area (Å²) in [6, 6.07) is 5.00. The molecule has 1 rings (SSSR count). The minimum atomic E-state index is -0.203. The molecule has 1 aromatic carbocycles. The number of ether oxygens (including phenoxy) is 1. The number of aliphatic imine (C=N–C) groups is 1. The number of guanidine groups is 1. The smallest absolute Gasteiger partial charge is 0.305 e. The van der Waals surface area contributed by atoms with E-state index in [1.54, 1.807) is 33.0 Å². The lowest BCUT2D eigenvalue weighted by molar-refractivity contribution is -0.143. The molecule has 0 aliphatic heterocycles. The standard InChI is InChI=1S/C16H24FN3O2.HI/c1-4-22-15(21)6-5-9-19-16(18-3)20-11-13-7-8-14(17)12(2)10-13;/h7-8,10H,4-6,9,11H2,1-3H3,(H2,18,19,20);1H. The maximum atomic E-state index is 13.2. The van der Waals surface area contributed by atoms with E-state index in [1.165, 1.54) is 6.07 Å². The Labute approximate surface area is 154 Å². The van der Waals surface area contributed by atoms with E-state index in [1.807, 2.05) is 0 Å². The molecular weight excluding hydrogens is 412 g/mol. The summed E-state index contributed by atoms with van der Waals surface area (Å²) in [5.74, 6) is 0.255. The topological polar surface area (TPSA) is 62.7 Å².